The standard InChI is InChI=1S/C17H22N2O/c1-19(15-8-13-6-7-14(9-15)18-13)10-12-11-20-17-5-3-2-4-16(12)17/h2-5,11,13-15,18H,6-10H2,1H3. The molecule has 2 aliphatic rings. The van der Waals surface area contributed by atoms with Crippen molar-refractivity contribution in [1.82, 2.24) is 10.2 Å². The molecule has 20 heavy (non-hydrogen) atoms. The summed E-state index contributed by atoms with van der Waals surface area (Å²) in [5.41, 5.74) is 2.32. The number of benzene rings is 1. The number of furan rings is 1. The number of rotatable bonds is 3. The molecule has 106 valence electrons. The summed E-state index contributed by atoms with van der Waals surface area (Å²) in [6.07, 6.45) is 7.25. The summed E-state index contributed by atoms with van der Waals surface area (Å²) in [6.45, 7) is 0.987. The van der Waals surface area contributed by atoms with Gasteiger partial charge in [0.15, 0.2) is 0 Å². The third-order valence-electron chi connectivity index (χ3n) is 5.05. The van der Waals surface area contributed by atoms with Gasteiger partial charge < -0.3 is 9.73 Å². The summed E-state index contributed by atoms with van der Waals surface area (Å²) >= 11 is 0. The lowest BCUT2D eigenvalue weighted by molar-refractivity contribution is 0.166. The first-order chi connectivity index (χ1) is 9.79. The van der Waals surface area contributed by atoms with Crippen molar-refractivity contribution in [2.45, 2.75) is 50.4 Å². The van der Waals surface area contributed by atoms with Gasteiger partial charge in [0.25, 0.3) is 0 Å². The summed E-state index contributed by atoms with van der Waals surface area (Å²) in [5, 5.41) is 4.98. The molecule has 3 heterocycles. The highest BCUT2D eigenvalue weighted by Gasteiger charge is 2.35. The summed E-state index contributed by atoms with van der Waals surface area (Å²) in [5.74, 6) is 0. The highest BCUT2D eigenvalue weighted by molar-refractivity contribution is 5.80. The number of hydrogen-bond donors (Lipinski definition) is 1. The molecule has 2 aliphatic heterocycles. The van der Waals surface area contributed by atoms with Crippen LogP contribution in [0.25, 0.3) is 11.0 Å². The van der Waals surface area contributed by atoms with Gasteiger partial charge in [0, 0.05) is 35.6 Å². The number of nitrogens with one attached hydrogen (secondary N) is 1. The van der Waals surface area contributed by atoms with Gasteiger partial charge >= 0.3 is 0 Å². The first-order valence-electron chi connectivity index (χ1n) is 7.71. The molecule has 3 heteroatoms. The average Bonchev–Trinajstić information content (AvgIpc) is 3.03. The SMILES string of the molecule is CN(Cc1coc2ccccc12)C1CC2CCC(C1)N2. The van der Waals surface area contributed by atoms with Crippen LogP contribution in [0.5, 0.6) is 0 Å². The van der Waals surface area contributed by atoms with Gasteiger partial charge in [-0.25, -0.2) is 0 Å². The Hall–Kier alpha value is -1.32. The maximum absolute atomic E-state index is 5.65. The number of nitrogens with zero attached hydrogens (tertiary/aromatic N) is 1. The van der Waals surface area contributed by atoms with Crippen molar-refractivity contribution in [2.75, 3.05) is 7.05 Å². The Bertz CT molecular complexity index is 594. The van der Waals surface area contributed by atoms with E-state index in [0.29, 0.717) is 6.04 Å². The fourth-order valence-corrected chi connectivity index (χ4v) is 3.94. The Morgan fingerprint density at radius 2 is 1.95 bits per heavy atom. The molecule has 2 aromatic rings. The molecule has 2 bridgehead atoms. The van der Waals surface area contributed by atoms with E-state index in [2.05, 4.69) is 29.4 Å². The van der Waals surface area contributed by atoms with Gasteiger partial charge in [-0.2, -0.15) is 0 Å². The predicted molar refractivity (Wildman–Crippen MR) is 80.6 cm³/mol. The van der Waals surface area contributed by atoms with E-state index in [1.54, 1.807) is 0 Å². The van der Waals surface area contributed by atoms with Crippen LogP contribution in [-0.2, 0) is 6.54 Å². The van der Waals surface area contributed by atoms with E-state index in [-0.39, 0.29) is 0 Å². The molecule has 2 unspecified atom stereocenters. The van der Waals surface area contributed by atoms with Crippen molar-refractivity contribution in [3.63, 3.8) is 0 Å². The molecule has 0 spiro atoms. The molecule has 0 radical (unpaired) electrons. The van der Waals surface area contributed by atoms with E-state index in [4.69, 9.17) is 4.42 Å². The van der Waals surface area contributed by atoms with E-state index >= 15 is 0 Å². The smallest absolute Gasteiger partial charge is 0.134 e. The van der Waals surface area contributed by atoms with Crippen molar-refractivity contribution in [3.8, 4) is 0 Å². The Morgan fingerprint density at radius 3 is 2.75 bits per heavy atom. The molecule has 3 nitrogen and oxygen atoms in total. The summed E-state index contributed by atoms with van der Waals surface area (Å²) in [7, 11) is 2.26. The Labute approximate surface area is 119 Å². The van der Waals surface area contributed by atoms with Crippen LogP contribution in [0.3, 0.4) is 0 Å². The summed E-state index contributed by atoms with van der Waals surface area (Å²) in [4.78, 5) is 2.52. The quantitative estimate of drug-likeness (QED) is 0.928. The molecule has 2 fully saturated rings. The molecule has 0 saturated carbocycles. The van der Waals surface area contributed by atoms with Crippen LogP contribution in [0.1, 0.15) is 31.2 Å². The van der Waals surface area contributed by atoms with Crippen LogP contribution in [-0.4, -0.2) is 30.1 Å². The molecule has 2 atom stereocenters. The maximum Gasteiger partial charge on any atom is 0.134 e. The number of piperidine rings is 1. The second-order valence-electron chi connectivity index (χ2n) is 6.44. The van der Waals surface area contributed by atoms with Crippen LogP contribution in [0.15, 0.2) is 34.9 Å². The molecule has 1 N–H and O–H groups in total. The van der Waals surface area contributed by atoms with Crippen LogP contribution < -0.4 is 5.32 Å². The van der Waals surface area contributed by atoms with E-state index in [0.717, 1.165) is 24.2 Å². The van der Waals surface area contributed by atoms with E-state index in [1.807, 2.05) is 18.4 Å². The van der Waals surface area contributed by atoms with Crippen molar-refractivity contribution in [3.05, 3.63) is 36.1 Å². The highest BCUT2D eigenvalue weighted by atomic mass is 16.3. The van der Waals surface area contributed by atoms with Crippen LogP contribution >= 0.6 is 0 Å². The molecule has 0 aliphatic carbocycles. The topological polar surface area (TPSA) is 28.4 Å². The normalized spacial score (nSPS) is 29.4. The van der Waals surface area contributed by atoms with Gasteiger partial charge in [0.2, 0.25) is 0 Å². The molecular formula is C17H22N2O. The average molecular weight is 270 g/mol. The fourth-order valence-electron chi connectivity index (χ4n) is 3.94. The third-order valence-corrected chi connectivity index (χ3v) is 5.05. The fraction of sp³-hybridized carbons (Fsp3) is 0.529. The zero-order valence-corrected chi connectivity index (χ0v) is 12.0. The summed E-state index contributed by atoms with van der Waals surface area (Å²) < 4.78 is 5.65. The first-order valence-corrected chi connectivity index (χ1v) is 7.71. The maximum atomic E-state index is 5.65. The zero-order chi connectivity index (χ0) is 13.5. The largest absolute Gasteiger partial charge is 0.464 e. The predicted octanol–water partition coefficient (Wildman–Crippen LogP) is 3.15. The number of para-hydroxylation sites is 1. The lowest BCUT2D eigenvalue weighted by Gasteiger charge is -2.35. The molecule has 2 saturated heterocycles. The van der Waals surface area contributed by atoms with Crippen molar-refractivity contribution >= 4 is 11.0 Å². The minimum Gasteiger partial charge on any atom is -0.464 e. The lowest BCUT2D eigenvalue weighted by Crippen LogP contribution is -2.46. The number of fused-ring (bicyclic) bond motifs is 3. The van der Waals surface area contributed by atoms with Gasteiger partial charge in [-0.3, -0.25) is 4.90 Å². The van der Waals surface area contributed by atoms with E-state index in [9.17, 15) is 0 Å². The number of hydrogen-bond acceptors (Lipinski definition) is 3. The van der Waals surface area contributed by atoms with Gasteiger partial charge in [-0.1, -0.05) is 18.2 Å². The minimum atomic E-state index is 0.711. The second kappa shape index (κ2) is 4.90. The van der Waals surface area contributed by atoms with Gasteiger partial charge in [0.1, 0.15) is 5.58 Å². The highest BCUT2D eigenvalue weighted by Crippen LogP contribution is 2.30. The molecule has 4 rings (SSSR count). The Balaban J connectivity index is 1.51. The van der Waals surface area contributed by atoms with Crippen molar-refractivity contribution in [1.29, 1.82) is 0 Å². The molecule has 1 aromatic carbocycles. The van der Waals surface area contributed by atoms with E-state index in [1.165, 1.54) is 36.6 Å². The summed E-state index contributed by atoms with van der Waals surface area (Å²) in [6, 6.07) is 10.5. The monoisotopic (exact) mass is 270 g/mol. The Kier molecular flexibility index (Phi) is 3.04. The zero-order valence-electron chi connectivity index (χ0n) is 12.0. The Morgan fingerprint density at radius 1 is 1.20 bits per heavy atom. The molecule has 1 aromatic heterocycles. The van der Waals surface area contributed by atoms with Crippen LogP contribution in [0.2, 0.25) is 0 Å². The molecular weight excluding hydrogens is 248 g/mol. The first kappa shape index (κ1) is 12.4. The van der Waals surface area contributed by atoms with E-state index < -0.39 is 0 Å². The second-order valence-corrected chi connectivity index (χ2v) is 6.44. The van der Waals surface area contributed by atoms with Crippen LogP contribution in [0, 0.1) is 0 Å². The molecule has 0 amide bonds. The van der Waals surface area contributed by atoms with Crippen molar-refractivity contribution < 1.29 is 4.42 Å². The minimum absolute atomic E-state index is 0.711. The third kappa shape index (κ3) is 2.15. The van der Waals surface area contributed by atoms with Gasteiger partial charge in [-0.05, 0) is 38.8 Å². The van der Waals surface area contributed by atoms with Gasteiger partial charge in [0.05, 0.1) is 6.26 Å². The van der Waals surface area contributed by atoms with Crippen molar-refractivity contribution in [2.24, 2.45) is 0 Å². The van der Waals surface area contributed by atoms with Gasteiger partial charge in [-0.15, -0.1) is 0 Å². The lowest BCUT2D eigenvalue weighted by atomic mass is 9.98. The van der Waals surface area contributed by atoms with Crippen LogP contribution in [0.4, 0.5) is 0 Å².